The molecule has 0 atom stereocenters. The van der Waals surface area contributed by atoms with Gasteiger partial charge in [-0.1, -0.05) is 13.0 Å². The molecule has 0 aromatic carbocycles. The van der Waals surface area contributed by atoms with Gasteiger partial charge in [0.1, 0.15) is 5.84 Å². The molecule has 1 amide bonds. The van der Waals surface area contributed by atoms with Gasteiger partial charge in [0, 0.05) is 47.6 Å². The Balaban J connectivity index is 1.75. The zero-order chi connectivity index (χ0) is 18.1. The maximum Gasteiger partial charge on any atom is 0.229 e. The number of amides is 1. The summed E-state index contributed by atoms with van der Waals surface area (Å²) in [6.45, 7) is 5.96. The van der Waals surface area contributed by atoms with Crippen LogP contribution in [0.1, 0.15) is 39.2 Å². The highest BCUT2D eigenvalue weighted by Crippen LogP contribution is 2.21. The summed E-state index contributed by atoms with van der Waals surface area (Å²) in [5.41, 5.74) is 3.48. The number of aliphatic imine (C=N–C) groups is 2. The van der Waals surface area contributed by atoms with Crippen molar-refractivity contribution in [1.82, 2.24) is 10.3 Å². The van der Waals surface area contributed by atoms with Crippen molar-refractivity contribution in [3.05, 3.63) is 53.0 Å². The topological polar surface area (TPSA) is 66.7 Å². The Morgan fingerprint density at radius 1 is 1.44 bits per heavy atom. The number of rotatable bonds is 7. The van der Waals surface area contributed by atoms with E-state index >= 15 is 0 Å². The maximum absolute atomic E-state index is 12.0. The first-order valence-corrected chi connectivity index (χ1v) is 9.31. The summed E-state index contributed by atoms with van der Waals surface area (Å²) in [7, 11) is 0. The number of nitrogens with zero attached hydrogens (tertiary/aromatic N) is 3. The standard InChI is InChI=1S/C19H24N4OS/c1-4-16-8-18(22-12-16)13-25-14(2)10-21-15(3)23-19(24)9-17-6-5-7-20-11-17/h5-7,10-12H,4,8-9,13H2,1-3H3,(H,21,23,24)/b14-10+. The number of aromatic nitrogens is 1. The number of pyridine rings is 1. The molecule has 1 aliphatic heterocycles. The predicted molar refractivity (Wildman–Crippen MR) is 106 cm³/mol. The number of carbonyl (C=O) groups excluding carboxylic acids is 1. The lowest BCUT2D eigenvalue weighted by molar-refractivity contribution is -0.119. The third-order valence-corrected chi connectivity index (χ3v) is 4.67. The third-order valence-electron chi connectivity index (χ3n) is 3.63. The van der Waals surface area contributed by atoms with E-state index in [2.05, 4.69) is 27.2 Å². The van der Waals surface area contributed by atoms with Crippen molar-refractivity contribution in [1.29, 1.82) is 0 Å². The summed E-state index contributed by atoms with van der Waals surface area (Å²) in [6, 6.07) is 3.70. The van der Waals surface area contributed by atoms with E-state index in [1.165, 1.54) is 11.3 Å². The fourth-order valence-electron chi connectivity index (χ4n) is 2.23. The number of amidine groups is 1. The van der Waals surface area contributed by atoms with Gasteiger partial charge in [-0.05, 0) is 37.5 Å². The van der Waals surface area contributed by atoms with Crippen molar-refractivity contribution in [3.8, 4) is 0 Å². The molecule has 2 heterocycles. The molecular weight excluding hydrogens is 332 g/mol. The van der Waals surface area contributed by atoms with Crippen LogP contribution in [0, 0.1) is 0 Å². The lowest BCUT2D eigenvalue weighted by Crippen LogP contribution is -2.29. The molecule has 0 saturated heterocycles. The fraction of sp³-hybridized carbons (Fsp3) is 0.368. The van der Waals surface area contributed by atoms with Crippen molar-refractivity contribution in [2.24, 2.45) is 9.98 Å². The van der Waals surface area contributed by atoms with Crippen molar-refractivity contribution < 1.29 is 4.79 Å². The number of nitrogens with one attached hydrogen (secondary N) is 1. The van der Waals surface area contributed by atoms with Gasteiger partial charge in [0.2, 0.25) is 5.91 Å². The summed E-state index contributed by atoms with van der Waals surface area (Å²) < 4.78 is 0. The molecule has 1 aromatic rings. The van der Waals surface area contributed by atoms with Crippen molar-refractivity contribution >= 4 is 29.2 Å². The van der Waals surface area contributed by atoms with E-state index in [1.807, 2.05) is 25.3 Å². The Kier molecular flexibility index (Phi) is 7.60. The summed E-state index contributed by atoms with van der Waals surface area (Å²) in [4.78, 5) is 25.8. The average molecular weight is 356 g/mol. The molecule has 0 spiro atoms. The van der Waals surface area contributed by atoms with Crippen LogP contribution in [0.2, 0.25) is 0 Å². The van der Waals surface area contributed by atoms with E-state index < -0.39 is 0 Å². The van der Waals surface area contributed by atoms with Crippen molar-refractivity contribution in [2.75, 3.05) is 5.75 Å². The second-order valence-corrected chi connectivity index (χ2v) is 7.06. The Labute approximate surface area is 153 Å². The van der Waals surface area contributed by atoms with Gasteiger partial charge in [-0.25, -0.2) is 4.99 Å². The number of thioether (sulfide) groups is 1. The van der Waals surface area contributed by atoms with E-state index in [1.54, 1.807) is 37.3 Å². The van der Waals surface area contributed by atoms with Gasteiger partial charge in [0.15, 0.2) is 0 Å². The zero-order valence-corrected chi connectivity index (χ0v) is 15.8. The second-order valence-electron chi connectivity index (χ2n) is 5.84. The van der Waals surface area contributed by atoms with Gasteiger partial charge < -0.3 is 5.32 Å². The van der Waals surface area contributed by atoms with Gasteiger partial charge in [0.25, 0.3) is 0 Å². The number of allylic oxidation sites excluding steroid dienone is 2. The van der Waals surface area contributed by atoms with E-state index in [-0.39, 0.29) is 5.91 Å². The largest absolute Gasteiger partial charge is 0.314 e. The van der Waals surface area contributed by atoms with Crippen LogP contribution in [-0.4, -0.2) is 28.2 Å². The normalized spacial score (nSPS) is 15.0. The highest BCUT2D eigenvalue weighted by Gasteiger charge is 2.09. The summed E-state index contributed by atoms with van der Waals surface area (Å²) >= 11 is 1.72. The molecule has 132 valence electrons. The minimum atomic E-state index is -0.0913. The lowest BCUT2D eigenvalue weighted by Gasteiger charge is -2.04. The molecule has 1 N–H and O–H groups in total. The zero-order valence-electron chi connectivity index (χ0n) is 15.0. The molecule has 0 aliphatic carbocycles. The minimum absolute atomic E-state index is 0.0913. The molecule has 0 unspecified atom stereocenters. The molecule has 25 heavy (non-hydrogen) atoms. The molecule has 0 radical (unpaired) electrons. The Hall–Kier alpha value is -2.21. The van der Waals surface area contributed by atoms with E-state index in [0.717, 1.165) is 29.1 Å². The average Bonchev–Trinajstić information content (AvgIpc) is 3.07. The van der Waals surface area contributed by atoms with E-state index in [9.17, 15) is 4.79 Å². The first kappa shape index (κ1) is 19.1. The van der Waals surface area contributed by atoms with Crippen LogP contribution in [0.25, 0.3) is 0 Å². The predicted octanol–water partition coefficient (Wildman–Crippen LogP) is 3.89. The Morgan fingerprint density at radius 3 is 2.96 bits per heavy atom. The summed E-state index contributed by atoms with van der Waals surface area (Å²) in [6.07, 6.45) is 9.50. The third kappa shape index (κ3) is 7.05. The minimum Gasteiger partial charge on any atom is -0.314 e. The number of hydrogen-bond acceptors (Lipinski definition) is 5. The van der Waals surface area contributed by atoms with Crippen LogP contribution >= 0.6 is 11.8 Å². The lowest BCUT2D eigenvalue weighted by atomic mass is 10.1. The van der Waals surface area contributed by atoms with Crippen molar-refractivity contribution in [2.45, 2.75) is 40.0 Å². The summed E-state index contributed by atoms with van der Waals surface area (Å²) in [5.74, 6) is 1.37. The van der Waals surface area contributed by atoms with E-state index in [4.69, 9.17) is 0 Å². The van der Waals surface area contributed by atoms with E-state index in [0.29, 0.717) is 12.3 Å². The van der Waals surface area contributed by atoms with Crippen LogP contribution < -0.4 is 5.32 Å². The first-order chi connectivity index (χ1) is 12.1. The Morgan fingerprint density at radius 2 is 2.28 bits per heavy atom. The monoisotopic (exact) mass is 356 g/mol. The molecule has 0 saturated carbocycles. The van der Waals surface area contributed by atoms with Gasteiger partial charge in [-0.2, -0.15) is 0 Å². The van der Waals surface area contributed by atoms with Crippen LogP contribution in [0.4, 0.5) is 0 Å². The van der Waals surface area contributed by atoms with Crippen LogP contribution in [0.3, 0.4) is 0 Å². The highest BCUT2D eigenvalue weighted by molar-refractivity contribution is 8.03. The molecule has 1 aliphatic rings. The second kappa shape index (κ2) is 9.93. The number of hydrogen-bond donors (Lipinski definition) is 1. The molecule has 0 fully saturated rings. The molecule has 0 bridgehead atoms. The molecule has 2 rings (SSSR count). The van der Waals surface area contributed by atoms with Crippen molar-refractivity contribution in [3.63, 3.8) is 0 Å². The van der Waals surface area contributed by atoms with Gasteiger partial charge >= 0.3 is 0 Å². The SMILES string of the molecule is CCC1=CN=C(CS/C(C)=C/N=C(C)NC(=O)Cc2cccnc2)C1. The van der Waals surface area contributed by atoms with Crippen LogP contribution in [-0.2, 0) is 11.2 Å². The highest BCUT2D eigenvalue weighted by atomic mass is 32.2. The number of carbonyl (C=O) groups is 1. The quantitative estimate of drug-likeness (QED) is 0.595. The molecular formula is C19H24N4OS. The Bertz CT molecular complexity index is 720. The first-order valence-electron chi connectivity index (χ1n) is 8.33. The molecule has 6 heteroatoms. The van der Waals surface area contributed by atoms with Gasteiger partial charge in [-0.15, -0.1) is 11.8 Å². The smallest absolute Gasteiger partial charge is 0.229 e. The van der Waals surface area contributed by atoms with Crippen LogP contribution in [0.15, 0.2) is 57.4 Å². The fourth-order valence-corrected chi connectivity index (χ4v) is 2.93. The molecule has 5 nitrogen and oxygen atoms in total. The maximum atomic E-state index is 12.0. The summed E-state index contributed by atoms with van der Waals surface area (Å²) in [5, 5.41) is 2.79. The van der Waals surface area contributed by atoms with Gasteiger partial charge in [0.05, 0.1) is 6.42 Å². The van der Waals surface area contributed by atoms with Crippen LogP contribution in [0.5, 0.6) is 0 Å². The van der Waals surface area contributed by atoms with Gasteiger partial charge in [-0.3, -0.25) is 14.8 Å². The molecule has 1 aromatic heterocycles.